The number of fused-ring (bicyclic) bond motifs is 1. The standard InChI is InChI=1S/C14H13NO3/c1-8-3-5-12-11(7-8)9(2)10(14(18)15-12)4-6-13(16)17/h3-7H,1-2H3,(H,15,18)(H,16,17)/b6-4+. The summed E-state index contributed by atoms with van der Waals surface area (Å²) in [5.74, 6) is -1.07. The molecule has 0 aliphatic heterocycles. The van der Waals surface area contributed by atoms with E-state index in [4.69, 9.17) is 5.11 Å². The Bertz CT molecular complexity index is 711. The van der Waals surface area contributed by atoms with Crippen molar-refractivity contribution in [1.29, 1.82) is 0 Å². The lowest BCUT2D eigenvalue weighted by molar-refractivity contribution is -0.131. The second kappa shape index (κ2) is 4.49. The van der Waals surface area contributed by atoms with Crippen LogP contribution in [0.2, 0.25) is 0 Å². The molecule has 0 atom stereocenters. The van der Waals surface area contributed by atoms with Crippen LogP contribution in [-0.2, 0) is 4.79 Å². The summed E-state index contributed by atoms with van der Waals surface area (Å²) in [7, 11) is 0. The molecule has 92 valence electrons. The molecule has 0 amide bonds. The Kier molecular flexibility index (Phi) is 3.02. The molecular formula is C14H13NO3. The number of rotatable bonds is 2. The van der Waals surface area contributed by atoms with Gasteiger partial charge in [-0.15, -0.1) is 0 Å². The third-order valence-corrected chi connectivity index (χ3v) is 2.87. The van der Waals surface area contributed by atoms with Gasteiger partial charge in [-0.25, -0.2) is 4.79 Å². The molecule has 2 aromatic rings. The van der Waals surface area contributed by atoms with E-state index in [-0.39, 0.29) is 5.56 Å². The van der Waals surface area contributed by atoms with Crippen molar-refractivity contribution in [3.63, 3.8) is 0 Å². The number of pyridine rings is 1. The average molecular weight is 243 g/mol. The Morgan fingerprint density at radius 1 is 1.33 bits per heavy atom. The molecule has 18 heavy (non-hydrogen) atoms. The van der Waals surface area contributed by atoms with Gasteiger partial charge in [0.05, 0.1) is 0 Å². The molecule has 0 bridgehead atoms. The molecule has 0 saturated carbocycles. The van der Waals surface area contributed by atoms with Crippen molar-refractivity contribution >= 4 is 22.9 Å². The predicted octanol–water partition coefficient (Wildman–Crippen LogP) is 2.24. The van der Waals surface area contributed by atoms with Gasteiger partial charge in [-0.2, -0.15) is 0 Å². The van der Waals surface area contributed by atoms with Crippen LogP contribution in [0.3, 0.4) is 0 Å². The van der Waals surface area contributed by atoms with E-state index in [0.29, 0.717) is 5.56 Å². The minimum atomic E-state index is -1.07. The summed E-state index contributed by atoms with van der Waals surface area (Å²) in [5, 5.41) is 9.55. The highest BCUT2D eigenvalue weighted by molar-refractivity contribution is 5.89. The number of aromatic amines is 1. The molecule has 0 fully saturated rings. The van der Waals surface area contributed by atoms with E-state index in [1.807, 2.05) is 32.0 Å². The molecule has 4 heteroatoms. The molecule has 0 unspecified atom stereocenters. The normalized spacial score (nSPS) is 11.2. The van der Waals surface area contributed by atoms with E-state index in [0.717, 1.165) is 28.1 Å². The van der Waals surface area contributed by atoms with Crippen molar-refractivity contribution in [1.82, 2.24) is 4.98 Å². The summed E-state index contributed by atoms with van der Waals surface area (Å²) < 4.78 is 0. The van der Waals surface area contributed by atoms with Crippen molar-refractivity contribution in [3.05, 3.63) is 51.3 Å². The Hall–Kier alpha value is -2.36. The van der Waals surface area contributed by atoms with Gasteiger partial charge in [0.2, 0.25) is 0 Å². The number of aryl methyl sites for hydroxylation is 2. The SMILES string of the molecule is Cc1ccc2[nH]c(=O)c(/C=C/C(=O)O)c(C)c2c1. The Morgan fingerprint density at radius 2 is 2.06 bits per heavy atom. The lowest BCUT2D eigenvalue weighted by atomic mass is 10.0. The highest BCUT2D eigenvalue weighted by Crippen LogP contribution is 2.19. The quantitative estimate of drug-likeness (QED) is 0.795. The van der Waals surface area contributed by atoms with Gasteiger partial charge in [0.15, 0.2) is 0 Å². The number of carbonyl (C=O) groups is 1. The van der Waals surface area contributed by atoms with Crippen molar-refractivity contribution in [2.45, 2.75) is 13.8 Å². The number of carboxylic acid groups (broad SMARTS) is 1. The topological polar surface area (TPSA) is 70.2 Å². The molecule has 0 radical (unpaired) electrons. The predicted molar refractivity (Wildman–Crippen MR) is 70.7 cm³/mol. The molecular weight excluding hydrogens is 230 g/mol. The number of H-pyrrole nitrogens is 1. The number of hydrogen-bond acceptors (Lipinski definition) is 2. The molecule has 2 N–H and O–H groups in total. The maximum absolute atomic E-state index is 11.9. The highest BCUT2D eigenvalue weighted by Gasteiger charge is 2.07. The lowest BCUT2D eigenvalue weighted by Gasteiger charge is -2.06. The van der Waals surface area contributed by atoms with E-state index in [1.165, 1.54) is 6.08 Å². The summed E-state index contributed by atoms with van der Waals surface area (Å²) in [6, 6.07) is 5.74. The van der Waals surface area contributed by atoms with Crippen LogP contribution in [0.1, 0.15) is 16.7 Å². The van der Waals surface area contributed by atoms with Crippen molar-refractivity contribution in [2.24, 2.45) is 0 Å². The third kappa shape index (κ3) is 2.18. The zero-order valence-corrected chi connectivity index (χ0v) is 10.2. The molecule has 1 aromatic carbocycles. The second-order valence-electron chi connectivity index (χ2n) is 4.21. The van der Waals surface area contributed by atoms with Gasteiger partial charge in [0.1, 0.15) is 0 Å². The van der Waals surface area contributed by atoms with Gasteiger partial charge in [-0.1, -0.05) is 11.6 Å². The average Bonchev–Trinajstić information content (AvgIpc) is 2.30. The van der Waals surface area contributed by atoms with Crippen molar-refractivity contribution in [3.8, 4) is 0 Å². The zero-order valence-electron chi connectivity index (χ0n) is 10.2. The van der Waals surface area contributed by atoms with E-state index in [2.05, 4.69) is 4.98 Å². The third-order valence-electron chi connectivity index (χ3n) is 2.87. The van der Waals surface area contributed by atoms with Crippen LogP contribution in [0.4, 0.5) is 0 Å². The first-order chi connectivity index (χ1) is 8.49. The fourth-order valence-corrected chi connectivity index (χ4v) is 1.94. The molecule has 2 rings (SSSR count). The summed E-state index contributed by atoms with van der Waals surface area (Å²) in [6.07, 6.45) is 2.30. The number of aliphatic carboxylic acids is 1. The number of aromatic nitrogens is 1. The van der Waals surface area contributed by atoms with Gasteiger partial charge in [0, 0.05) is 22.5 Å². The molecule has 1 aromatic heterocycles. The van der Waals surface area contributed by atoms with Gasteiger partial charge in [-0.3, -0.25) is 4.79 Å². The maximum Gasteiger partial charge on any atom is 0.328 e. The highest BCUT2D eigenvalue weighted by atomic mass is 16.4. The van der Waals surface area contributed by atoms with Crippen LogP contribution in [0.25, 0.3) is 17.0 Å². The summed E-state index contributed by atoms with van der Waals surface area (Å²) in [6.45, 7) is 3.79. The van der Waals surface area contributed by atoms with Crippen LogP contribution >= 0.6 is 0 Å². The van der Waals surface area contributed by atoms with Crippen LogP contribution in [0.5, 0.6) is 0 Å². The number of hydrogen-bond donors (Lipinski definition) is 2. The van der Waals surface area contributed by atoms with E-state index in [9.17, 15) is 9.59 Å². The maximum atomic E-state index is 11.9. The Morgan fingerprint density at radius 3 is 2.72 bits per heavy atom. The lowest BCUT2D eigenvalue weighted by Crippen LogP contribution is -2.11. The minimum absolute atomic E-state index is 0.277. The monoisotopic (exact) mass is 243 g/mol. The molecule has 0 aliphatic carbocycles. The molecule has 0 saturated heterocycles. The molecule has 0 spiro atoms. The van der Waals surface area contributed by atoms with E-state index in [1.54, 1.807) is 0 Å². The number of nitrogens with one attached hydrogen (secondary N) is 1. The first kappa shape index (κ1) is 12.1. The first-order valence-electron chi connectivity index (χ1n) is 5.53. The fourth-order valence-electron chi connectivity index (χ4n) is 1.94. The van der Waals surface area contributed by atoms with Gasteiger partial charge in [-0.05, 0) is 37.6 Å². The largest absolute Gasteiger partial charge is 0.478 e. The van der Waals surface area contributed by atoms with Gasteiger partial charge < -0.3 is 10.1 Å². The smallest absolute Gasteiger partial charge is 0.328 e. The van der Waals surface area contributed by atoms with Crippen LogP contribution in [-0.4, -0.2) is 16.1 Å². The number of carboxylic acids is 1. The van der Waals surface area contributed by atoms with Crippen LogP contribution in [0, 0.1) is 13.8 Å². The van der Waals surface area contributed by atoms with Crippen molar-refractivity contribution < 1.29 is 9.90 Å². The molecule has 1 heterocycles. The molecule has 0 aliphatic rings. The fraction of sp³-hybridized carbons (Fsp3) is 0.143. The summed E-state index contributed by atoms with van der Waals surface area (Å²) in [4.78, 5) is 25.1. The molecule has 4 nitrogen and oxygen atoms in total. The van der Waals surface area contributed by atoms with E-state index < -0.39 is 5.97 Å². The van der Waals surface area contributed by atoms with Crippen LogP contribution in [0.15, 0.2) is 29.1 Å². The zero-order chi connectivity index (χ0) is 13.3. The van der Waals surface area contributed by atoms with E-state index >= 15 is 0 Å². The Labute approximate surface area is 104 Å². The minimum Gasteiger partial charge on any atom is -0.478 e. The number of benzene rings is 1. The summed E-state index contributed by atoms with van der Waals surface area (Å²) in [5.41, 5.74) is 2.74. The second-order valence-corrected chi connectivity index (χ2v) is 4.21. The van der Waals surface area contributed by atoms with Gasteiger partial charge >= 0.3 is 5.97 Å². The Balaban J connectivity index is 2.75. The first-order valence-corrected chi connectivity index (χ1v) is 5.53. The summed E-state index contributed by atoms with van der Waals surface area (Å²) >= 11 is 0. The van der Waals surface area contributed by atoms with Crippen molar-refractivity contribution in [2.75, 3.05) is 0 Å². The van der Waals surface area contributed by atoms with Gasteiger partial charge in [0.25, 0.3) is 5.56 Å². The van der Waals surface area contributed by atoms with Crippen LogP contribution < -0.4 is 5.56 Å².